The largest absolute Gasteiger partial charge is 0.490 e. The third-order valence-electron chi connectivity index (χ3n) is 7.79. The van der Waals surface area contributed by atoms with Crippen molar-refractivity contribution < 1.29 is 14.3 Å². The fourth-order valence-electron chi connectivity index (χ4n) is 4.99. The number of fused-ring (bicyclic) bond motifs is 1. The normalized spacial score (nSPS) is 18.0. The van der Waals surface area contributed by atoms with Crippen molar-refractivity contribution in [2.45, 2.75) is 65.8 Å². The maximum atomic E-state index is 12.3. The Labute approximate surface area is 223 Å². The maximum Gasteiger partial charge on any atom is 0.329 e. The molecule has 1 N–H and O–H groups in total. The van der Waals surface area contributed by atoms with Gasteiger partial charge >= 0.3 is 6.03 Å². The Kier molecular flexibility index (Phi) is 6.73. The zero-order valence-electron chi connectivity index (χ0n) is 23.0. The molecule has 1 saturated heterocycles. The van der Waals surface area contributed by atoms with E-state index in [1.165, 1.54) is 16.0 Å². The maximum absolute atomic E-state index is 12.3. The van der Waals surface area contributed by atoms with Gasteiger partial charge in [0.1, 0.15) is 17.3 Å². The molecule has 0 aliphatic carbocycles. The number of amides is 3. The Morgan fingerprint density at radius 3 is 2.50 bits per heavy atom. The smallest absolute Gasteiger partial charge is 0.329 e. The van der Waals surface area contributed by atoms with Crippen LogP contribution in [0.15, 0.2) is 42.6 Å². The van der Waals surface area contributed by atoms with E-state index in [2.05, 4.69) is 80.2 Å². The number of imidazole rings is 1. The van der Waals surface area contributed by atoms with Gasteiger partial charge in [-0.15, -0.1) is 0 Å². The second kappa shape index (κ2) is 9.87. The first-order valence-corrected chi connectivity index (χ1v) is 13.2. The molecule has 3 aromatic rings. The second-order valence-electron chi connectivity index (χ2n) is 11.1. The van der Waals surface area contributed by atoms with Crippen LogP contribution in [0, 0.1) is 5.92 Å². The van der Waals surface area contributed by atoms with Crippen LogP contribution in [0.5, 0.6) is 5.75 Å². The molecular weight excluding hydrogens is 480 g/mol. The minimum absolute atomic E-state index is 0.171. The van der Waals surface area contributed by atoms with E-state index >= 15 is 0 Å². The van der Waals surface area contributed by atoms with E-state index in [1.807, 2.05) is 17.7 Å². The van der Waals surface area contributed by atoms with Crippen LogP contribution >= 0.6 is 0 Å². The lowest BCUT2D eigenvalue weighted by Gasteiger charge is -2.31. The average Bonchev–Trinajstić information content (AvgIpc) is 3.36. The van der Waals surface area contributed by atoms with Gasteiger partial charge in [0.15, 0.2) is 5.82 Å². The third-order valence-corrected chi connectivity index (χ3v) is 7.79. The first-order chi connectivity index (χ1) is 18.0. The number of hydrogen-bond acceptors (Lipinski definition) is 6. The van der Waals surface area contributed by atoms with Gasteiger partial charge < -0.3 is 9.30 Å². The second-order valence-corrected chi connectivity index (χ2v) is 11.1. The molecular formula is C29H36N6O3. The number of urea groups is 1. The summed E-state index contributed by atoms with van der Waals surface area (Å²) in [5.41, 5.74) is 3.94. The number of ether oxygens (including phenoxy) is 1. The van der Waals surface area contributed by atoms with Crippen molar-refractivity contribution in [2.75, 3.05) is 11.4 Å². The molecule has 9 nitrogen and oxygen atoms in total. The third kappa shape index (κ3) is 4.78. The molecule has 0 radical (unpaired) electrons. The topological polar surface area (TPSA) is 92.6 Å². The van der Waals surface area contributed by atoms with Crippen molar-refractivity contribution in [3.05, 3.63) is 59.4 Å². The Morgan fingerprint density at radius 1 is 1.08 bits per heavy atom. The van der Waals surface area contributed by atoms with Gasteiger partial charge in [-0.25, -0.2) is 14.8 Å². The number of carbonyl (C=O) groups is 2. The van der Waals surface area contributed by atoms with Crippen LogP contribution in [0.2, 0.25) is 0 Å². The van der Waals surface area contributed by atoms with Crippen LogP contribution in [0.4, 0.5) is 10.6 Å². The highest BCUT2D eigenvalue weighted by Crippen LogP contribution is 2.40. The fourth-order valence-corrected chi connectivity index (χ4v) is 4.99. The molecule has 5 rings (SSSR count). The number of aromatic nitrogens is 3. The van der Waals surface area contributed by atoms with Crippen molar-refractivity contribution in [1.29, 1.82) is 0 Å². The van der Waals surface area contributed by atoms with Gasteiger partial charge in [0.05, 0.1) is 23.5 Å². The number of rotatable bonds is 7. The first kappa shape index (κ1) is 25.9. The number of hydrogen-bond donors (Lipinski definition) is 1. The van der Waals surface area contributed by atoms with Crippen LogP contribution in [-0.2, 0) is 30.5 Å². The quantitative estimate of drug-likeness (QED) is 0.493. The molecule has 1 fully saturated rings. The van der Waals surface area contributed by atoms with Crippen LogP contribution < -0.4 is 15.0 Å². The van der Waals surface area contributed by atoms with Crippen LogP contribution in [-0.4, -0.2) is 44.0 Å². The van der Waals surface area contributed by atoms with E-state index in [0.717, 1.165) is 30.2 Å². The lowest BCUT2D eigenvalue weighted by molar-refractivity contribution is -0.120. The van der Waals surface area contributed by atoms with Crippen molar-refractivity contribution in [3.8, 4) is 17.3 Å². The Balaban J connectivity index is 1.33. The summed E-state index contributed by atoms with van der Waals surface area (Å²) in [6, 6.07) is 12.1. The minimum atomic E-state index is -0.427. The lowest BCUT2D eigenvalue weighted by Crippen LogP contribution is -2.50. The molecule has 1 unspecified atom stereocenters. The predicted molar refractivity (Wildman–Crippen MR) is 146 cm³/mol. The summed E-state index contributed by atoms with van der Waals surface area (Å²) in [6.07, 6.45) is 2.09. The molecule has 4 heterocycles. The fraction of sp³-hybridized carbons (Fsp3) is 0.448. The monoisotopic (exact) mass is 516 g/mol. The Bertz CT molecular complexity index is 1360. The van der Waals surface area contributed by atoms with E-state index in [4.69, 9.17) is 9.72 Å². The van der Waals surface area contributed by atoms with Gasteiger partial charge in [-0.3, -0.25) is 19.9 Å². The average molecular weight is 517 g/mol. The van der Waals surface area contributed by atoms with Crippen LogP contribution in [0.3, 0.4) is 0 Å². The molecule has 9 heteroatoms. The summed E-state index contributed by atoms with van der Waals surface area (Å²) in [5, 5.41) is 2.37. The molecule has 38 heavy (non-hydrogen) atoms. The number of pyridine rings is 1. The number of nitrogens with one attached hydrogen (secondary N) is 1. The van der Waals surface area contributed by atoms with Crippen molar-refractivity contribution in [2.24, 2.45) is 13.0 Å². The van der Waals surface area contributed by atoms with E-state index < -0.39 is 6.03 Å². The summed E-state index contributed by atoms with van der Waals surface area (Å²) in [6.45, 7) is 12.8. The van der Waals surface area contributed by atoms with Gasteiger partial charge in [0.2, 0.25) is 5.91 Å². The van der Waals surface area contributed by atoms with Gasteiger partial charge in [0, 0.05) is 33.1 Å². The Morgan fingerprint density at radius 2 is 1.82 bits per heavy atom. The van der Waals surface area contributed by atoms with E-state index in [0.29, 0.717) is 24.1 Å². The Hall–Kier alpha value is -3.72. The van der Waals surface area contributed by atoms with Crippen molar-refractivity contribution in [1.82, 2.24) is 24.8 Å². The highest BCUT2D eigenvalue weighted by atomic mass is 16.5. The first-order valence-electron chi connectivity index (χ1n) is 13.2. The molecule has 0 bridgehead atoms. The molecule has 1 aromatic carbocycles. The summed E-state index contributed by atoms with van der Waals surface area (Å²) >= 11 is 0. The number of nitrogens with zero attached hydrogens (tertiary/aromatic N) is 5. The van der Waals surface area contributed by atoms with E-state index in [-0.39, 0.29) is 24.0 Å². The molecule has 2 aliphatic rings. The van der Waals surface area contributed by atoms with E-state index in [9.17, 15) is 9.59 Å². The highest BCUT2D eigenvalue weighted by Gasteiger charge is 2.39. The molecule has 0 spiro atoms. The highest BCUT2D eigenvalue weighted by molar-refractivity contribution is 6.05. The van der Waals surface area contributed by atoms with Crippen molar-refractivity contribution >= 4 is 17.8 Å². The van der Waals surface area contributed by atoms with Gasteiger partial charge in [-0.05, 0) is 56.0 Å². The summed E-state index contributed by atoms with van der Waals surface area (Å²) in [5.74, 6) is 2.40. The number of anilines is 1. The van der Waals surface area contributed by atoms with E-state index in [1.54, 1.807) is 6.20 Å². The molecule has 0 saturated carbocycles. The van der Waals surface area contributed by atoms with Crippen LogP contribution in [0.1, 0.15) is 57.9 Å². The zero-order valence-corrected chi connectivity index (χ0v) is 23.0. The number of benzene rings is 1. The number of imide groups is 1. The molecule has 2 aromatic heterocycles. The summed E-state index contributed by atoms with van der Waals surface area (Å²) < 4.78 is 7.89. The van der Waals surface area contributed by atoms with Gasteiger partial charge in [0.25, 0.3) is 0 Å². The molecule has 3 amide bonds. The number of carbonyl (C=O) groups excluding carboxylic acids is 2. The molecule has 1 atom stereocenters. The zero-order chi connectivity index (χ0) is 27.2. The van der Waals surface area contributed by atoms with Crippen molar-refractivity contribution in [3.63, 3.8) is 0 Å². The SMILES string of the molecule is CC(C)C(C)Oc1ccc(CN2Cc3ccc(-c4ncc(N5CCC(=O)NC5=O)n4C)nc3C2(C)C)cc1. The summed E-state index contributed by atoms with van der Waals surface area (Å²) in [4.78, 5) is 37.5. The van der Waals surface area contributed by atoms with Gasteiger partial charge in [-0.1, -0.05) is 32.0 Å². The predicted octanol–water partition coefficient (Wildman–Crippen LogP) is 4.60. The van der Waals surface area contributed by atoms with Gasteiger partial charge in [-0.2, -0.15) is 0 Å². The van der Waals surface area contributed by atoms with Crippen LogP contribution in [0.25, 0.3) is 11.5 Å². The molecule has 2 aliphatic heterocycles. The summed E-state index contributed by atoms with van der Waals surface area (Å²) in [7, 11) is 1.86. The minimum Gasteiger partial charge on any atom is -0.490 e. The molecule has 200 valence electrons. The standard InChI is InChI=1S/C29H36N6O3/c1-18(2)19(3)38-22-10-7-20(8-11-22)16-34-17-21-9-12-23(31-26(21)29(34,4)5)27-30-15-25(33(27)6)35-14-13-24(36)32-28(35)37/h7-12,15,18-19H,13-14,16-17H2,1-6H3,(H,32,36,37). The lowest BCUT2D eigenvalue weighted by atomic mass is 9.98.